The molecule has 3 aromatic carbocycles. The molecule has 4 aromatic rings. The van der Waals surface area contributed by atoms with Gasteiger partial charge in [0.05, 0.1) is 19.2 Å². The number of hydrogen-bond donors (Lipinski definition) is 1. The second-order valence-electron chi connectivity index (χ2n) is 8.93. The molecule has 0 saturated heterocycles. The molecule has 200 valence electrons. The van der Waals surface area contributed by atoms with Gasteiger partial charge in [0.25, 0.3) is 5.91 Å². The van der Waals surface area contributed by atoms with Crippen molar-refractivity contribution < 1.29 is 19.0 Å². The van der Waals surface area contributed by atoms with E-state index in [1.54, 1.807) is 13.2 Å². The first-order chi connectivity index (χ1) is 19.6. The fraction of sp³-hybridized carbons (Fsp3) is 0.133. The topological polar surface area (TPSA) is 102 Å². The number of ether oxygens (including phenoxy) is 3. The van der Waals surface area contributed by atoms with E-state index in [4.69, 9.17) is 19.6 Å². The van der Waals surface area contributed by atoms with Gasteiger partial charge < -0.3 is 18.8 Å². The minimum absolute atomic E-state index is 0.0168. The molecular formula is C30H25N5O4S. The van der Waals surface area contributed by atoms with Crippen molar-refractivity contribution in [1.29, 1.82) is 5.41 Å². The lowest BCUT2D eigenvalue weighted by Crippen LogP contribution is -2.35. The molecule has 1 aromatic heterocycles. The minimum atomic E-state index is -0.469. The maximum Gasteiger partial charge on any atom is 0.283 e. The van der Waals surface area contributed by atoms with Crippen LogP contribution in [0.15, 0.2) is 101 Å². The van der Waals surface area contributed by atoms with Crippen molar-refractivity contribution in [2.75, 3.05) is 20.3 Å². The average molecular weight is 552 g/mol. The quantitative estimate of drug-likeness (QED) is 0.279. The number of fused-ring (bicyclic) bond motifs is 2. The number of benzene rings is 3. The number of aromatic nitrogens is 1. The Bertz CT molecular complexity index is 1680. The van der Waals surface area contributed by atoms with Crippen LogP contribution in [0.25, 0.3) is 17.0 Å². The Morgan fingerprint density at radius 2 is 1.65 bits per heavy atom. The zero-order valence-corrected chi connectivity index (χ0v) is 22.4. The summed E-state index contributed by atoms with van der Waals surface area (Å²) in [4.78, 5) is 17.2. The van der Waals surface area contributed by atoms with Crippen LogP contribution in [0.4, 0.5) is 0 Å². The minimum Gasteiger partial charge on any atom is -0.497 e. The summed E-state index contributed by atoms with van der Waals surface area (Å²) in [5, 5.41) is 16.6. The van der Waals surface area contributed by atoms with Crippen LogP contribution in [0, 0.1) is 5.41 Å². The zero-order chi connectivity index (χ0) is 27.5. The normalized spacial score (nSPS) is 15.7. The number of aliphatic imine (C=N–C) groups is 1. The fourth-order valence-electron chi connectivity index (χ4n) is 4.42. The first kappa shape index (κ1) is 25.4. The van der Waals surface area contributed by atoms with Gasteiger partial charge in [-0.3, -0.25) is 10.2 Å². The molecule has 0 unspecified atom stereocenters. The molecule has 0 radical (unpaired) electrons. The van der Waals surface area contributed by atoms with E-state index in [-0.39, 0.29) is 18.0 Å². The molecule has 0 saturated carbocycles. The van der Waals surface area contributed by atoms with Crippen LogP contribution in [0.1, 0.15) is 5.56 Å². The molecule has 2 aliphatic heterocycles. The van der Waals surface area contributed by atoms with Gasteiger partial charge >= 0.3 is 0 Å². The molecule has 10 heteroatoms. The Kier molecular flexibility index (Phi) is 7.07. The van der Waals surface area contributed by atoms with E-state index in [0.29, 0.717) is 23.4 Å². The van der Waals surface area contributed by atoms with Gasteiger partial charge in [-0.05, 0) is 60.3 Å². The molecule has 9 nitrogen and oxygen atoms in total. The maximum absolute atomic E-state index is 13.0. The van der Waals surface area contributed by atoms with Crippen molar-refractivity contribution >= 4 is 50.7 Å². The lowest BCUT2D eigenvalue weighted by Gasteiger charge is -2.20. The lowest BCUT2D eigenvalue weighted by molar-refractivity contribution is -0.114. The number of amides is 1. The highest BCUT2D eigenvalue weighted by Gasteiger charge is 2.36. The number of para-hydroxylation sites is 2. The number of amidine groups is 2. The van der Waals surface area contributed by atoms with Crippen molar-refractivity contribution in [1.82, 2.24) is 9.58 Å². The number of carbonyl (C=O) groups is 1. The van der Waals surface area contributed by atoms with Crippen molar-refractivity contribution in [3.05, 3.63) is 96.2 Å². The third-order valence-corrected chi connectivity index (χ3v) is 7.26. The molecule has 0 spiro atoms. The van der Waals surface area contributed by atoms with Crippen LogP contribution < -0.4 is 14.2 Å². The van der Waals surface area contributed by atoms with E-state index in [1.165, 1.54) is 16.8 Å². The number of hydrazone groups is 1. The molecule has 40 heavy (non-hydrogen) atoms. The number of carbonyl (C=O) groups excluding carboxylic acids is 1. The van der Waals surface area contributed by atoms with E-state index in [1.807, 2.05) is 85.1 Å². The summed E-state index contributed by atoms with van der Waals surface area (Å²) in [7, 11) is 1.63. The summed E-state index contributed by atoms with van der Waals surface area (Å²) in [5.41, 5.74) is 1.99. The first-order valence-corrected chi connectivity index (χ1v) is 13.4. The monoisotopic (exact) mass is 551 g/mol. The smallest absolute Gasteiger partial charge is 0.283 e. The number of methoxy groups -OCH3 is 1. The number of nitrogens with one attached hydrogen (secondary N) is 1. The standard InChI is InChI=1S/C30H25N5O4S/c1-37-21-11-13-23(14-12-21)38-16-15-34-18-20(24-9-5-6-10-26(24)34)17-25-28(31)35-30(32-29(25)36)40-27(33-35)19-39-22-7-3-2-4-8-22/h2-14,17-18,31H,15-16,19H2,1H3/b25-17-,31-28?. The van der Waals surface area contributed by atoms with Crippen molar-refractivity contribution in [2.24, 2.45) is 10.1 Å². The van der Waals surface area contributed by atoms with Crippen molar-refractivity contribution in [3.63, 3.8) is 0 Å². The molecular weight excluding hydrogens is 526 g/mol. The Labute approximate surface area is 234 Å². The Balaban J connectivity index is 1.20. The van der Waals surface area contributed by atoms with Crippen LogP contribution in [-0.2, 0) is 11.3 Å². The maximum atomic E-state index is 13.0. The Morgan fingerprint density at radius 3 is 2.45 bits per heavy atom. The van der Waals surface area contributed by atoms with Crippen molar-refractivity contribution in [3.8, 4) is 17.2 Å². The predicted octanol–water partition coefficient (Wildman–Crippen LogP) is 5.43. The van der Waals surface area contributed by atoms with Crippen LogP contribution in [0.2, 0.25) is 0 Å². The van der Waals surface area contributed by atoms with Gasteiger partial charge in [-0.25, -0.2) is 0 Å². The van der Waals surface area contributed by atoms with Gasteiger partial charge in [0, 0.05) is 22.7 Å². The first-order valence-electron chi connectivity index (χ1n) is 12.6. The summed E-state index contributed by atoms with van der Waals surface area (Å²) in [5.74, 6) is 1.76. The van der Waals surface area contributed by atoms with Crippen LogP contribution in [-0.4, -0.2) is 51.9 Å². The van der Waals surface area contributed by atoms with Crippen LogP contribution >= 0.6 is 11.8 Å². The lowest BCUT2D eigenvalue weighted by atomic mass is 10.1. The van der Waals surface area contributed by atoms with Crippen LogP contribution in [0.5, 0.6) is 17.2 Å². The van der Waals surface area contributed by atoms with E-state index in [2.05, 4.69) is 14.7 Å². The summed E-state index contributed by atoms with van der Waals surface area (Å²) in [6.07, 6.45) is 3.68. The number of thioether (sulfide) groups is 1. The summed E-state index contributed by atoms with van der Waals surface area (Å²) < 4.78 is 19.0. The molecule has 0 aliphatic carbocycles. The number of hydrogen-bond acceptors (Lipinski definition) is 7. The van der Waals surface area contributed by atoms with E-state index < -0.39 is 5.91 Å². The molecule has 1 N–H and O–H groups in total. The van der Waals surface area contributed by atoms with E-state index in [9.17, 15) is 4.79 Å². The van der Waals surface area contributed by atoms with E-state index >= 15 is 0 Å². The molecule has 2 aliphatic rings. The highest BCUT2D eigenvalue weighted by atomic mass is 32.2. The van der Waals surface area contributed by atoms with Crippen LogP contribution in [0.3, 0.4) is 0 Å². The number of nitrogens with zero attached hydrogens (tertiary/aromatic N) is 4. The van der Waals surface area contributed by atoms with Gasteiger partial charge in [-0.15, -0.1) is 0 Å². The highest BCUT2D eigenvalue weighted by molar-refractivity contribution is 8.27. The summed E-state index contributed by atoms with van der Waals surface area (Å²) in [6, 6.07) is 24.8. The Morgan fingerprint density at radius 1 is 0.925 bits per heavy atom. The predicted molar refractivity (Wildman–Crippen MR) is 157 cm³/mol. The Hall–Kier alpha value is -4.83. The SMILES string of the molecule is COc1ccc(OCCn2cc(/C=C3/C(=N)N4N=C(COc5ccccc5)SC4=NC3=O)c3ccccc32)cc1. The zero-order valence-electron chi connectivity index (χ0n) is 21.6. The second-order valence-corrected chi connectivity index (χ2v) is 9.97. The van der Waals surface area contributed by atoms with E-state index in [0.717, 1.165) is 33.7 Å². The molecule has 6 rings (SSSR count). The summed E-state index contributed by atoms with van der Waals surface area (Å²) >= 11 is 1.23. The molecule has 0 atom stereocenters. The van der Waals surface area contributed by atoms with Gasteiger partial charge in [-0.1, -0.05) is 36.4 Å². The molecule has 0 fully saturated rings. The van der Waals surface area contributed by atoms with Gasteiger partial charge in [0.15, 0.2) is 5.84 Å². The highest BCUT2D eigenvalue weighted by Crippen LogP contribution is 2.30. The third kappa shape index (κ3) is 5.21. The third-order valence-electron chi connectivity index (χ3n) is 6.38. The average Bonchev–Trinajstić information content (AvgIpc) is 3.56. The largest absolute Gasteiger partial charge is 0.497 e. The molecule has 3 heterocycles. The van der Waals surface area contributed by atoms with Gasteiger partial charge in [-0.2, -0.15) is 15.1 Å². The number of rotatable bonds is 9. The van der Waals surface area contributed by atoms with Gasteiger partial charge in [0.1, 0.15) is 35.5 Å². The molecule has 1 amide bonds. The molecule has 0 bridgehead atoms. The van der Waals surface area contributed by atoms with Gasteiger partial charge in [0.2, 0.25) is 5.17 Å². The summed E-state index contributed by atoms with van der Waals surface area (Å²) in [6.45, 7) is 1.27. The van der Waals surface area contributed by atoms with Crippen molar-refractivity contribution in [2.45, 2.75) is 6.54 Å². The fourth-order valence-corrected chi connectivity index (χ4v) is 5.21. The second kappa shape index (κ2) is 11.1.